The first-order chi connectivity index (χ1) is 21.6. The van der Waals surface area contributed by atoms with Crippen LogP contribution in [0.1, 0.15) is 186 Å². The van der Waals surface area contributed by atoms with Crippen LogP contribution in [-0.4, -0.2) is 21.9 Å². The van der Waals surface area contributed by atoms with Crippen LogP contribution in [0.15, 0.2) is 0 Å². The zero-order valence-electron chi connectivity index (χ0n) is 33.5. The molecule has 1 rings (SSSR count). The fraction of sp³-hybridized carbons (Fsp3) is 0.884. The van der Waals surface area contributed by atoms with Crippen molar-refractivity contribution in [3.8, 4) is 22.9 Å². The third-order valence-corrected chi connectivity index (χ3v) is 19.9. The van der Waals surface area contributed by atoms with Crippen molar-refractivity contribution in [2.24, 2.45) is 21.7 Å². The average Bonchev–Trinajstić information content (AvgIpc) is 3.24. The van der Waals surface area contributed by atoms with Gasteiger partial charge in [0.05, 0.1) is 10.8 Å². The number of ketones is 1. The standard InChI is InChI=1S/C43H80OSi2/c1-13-19-29-45(30-20-14-2,31-21-15-3)35-27-42(37-40(7,8)9)25-26-43(39(42)44,38-41(10,11)12)28-36-46(32-22-16-4,33-23-17-5)34-24-18-6/h13-26,29-34,37-38H2,1-12H3/t42-,43-/m1/s1. The molecule has 1 saturated carbocycles. The zero-order chi connectivity index (χ0) is 35.0. The summed E-state index contributed by atoms with van der Waals surface area (Å²) in [6.07, 6.45) is 18.7. The summed E-state index contributed by atoms with van der Waals surface area (Å²) in [5, 5.41) is 0. The summed E-state index contributed by atoms with van der Waals surface area (Å²) in [5.41, 5.74) is 7.29. The van der Waals surface area contributed by atoms with Crippen LogP contribution in [0.25, 0.3) is 0 Å². The van der Waals surface area contributed by atoms with E-state index in [1.54, 1.807) is 0 Å². The molecular weight excluding hydrogens is 589 g/mol. The summed E-state index contributed by atoms with van der Waals surface area (Å²) in [7, 11) is -3.61. The molecule has 3 heteroatoms. The van der Waals surface area contributed by atoms with Crippen LogP contribution in [-0.2, 0) is 4.79 Å². The molecule has 0 bridgehead atoms. The number of carbonyl (C=O) groups is 1. The van der Waals surface area contributed by atoms with Crippen molar-refractivity contribution >= 4 is 21.9 Å². The van der Waals surface area contributed by atoms with E-state index < -0.39 is 27.0 Å². The van der Waals surface area contributed by atoms with Crippen molar-refractivity contribution < 1.29 is 4.79 Å². The molecule has 1 fully saturated rings. The molecule has 0 unspecified atom stereocenters. The Morgan fingerprint density at radius 2 is 0.739 bits per heavy atom. The quantitative estimate of drug-likeness (QED) is 0.0932. The van der Waals surface area contributed by atoms with Gasteiger partial charge in [0.25, 0.3) is 0 Å². The van der Waals surface area contributed by atoms with Crippen LogP contribution in [0, 0.1) is 44.6 Å². The van der Waals surface area contributed by atoms with Crippen LogP contribution < -0.4 is 0 Å². The number of unbranched alkanes of at least 4 members (excludes halogenated alkanes) is 6. The van der Waals surface area contributed by atoms with Crippen molar-refractivity contribution in [2.45, 2.75) is 222 Å². The summed E-state index contributed by atoms with van der Waals surface area (Å²) in [6.45, 7) is 27.9. The van der Waals surface area contributed by atoms with Crippen LogP contribution in [0.4, 0.5) is 0 Å². The summed E-state index contributed by atoms with van der Waals surface area (Å²) < 4.78 is 0. The first kappa shape index (κ1) is 43.2. The molecule has 266 valence electrons. The summed E-state index contributed by atoms with van der Waals surface area (Å²) in [5.74, 6) is 8.45. The molecule has 0 amide bonds. The van der Waals surface area contributed by atoms with Gasteiger partial charge in [-0.1, -0.05) is 172 Å². The van der Waals surface area contributed by atoms with Crippen molar-refractivity contribution in [3.63, 3.8) is 0 Å². The van der Waals surface area contributed by atoms with Crippen LogP contribution in [0.3, 0.4) is 0 Å². The minimum Gasteiger partial charge on any atom is -0.296 e. The number of Topliss-reactive ketones (excluding diaryl/α,β-unsaturated/α-hetero) is 1. The number of rotatable bonds is 20. The van der Waals surface area contributed by atoms with Crippen LogP contribution in [0.2, 0.25) is 36.3 Å². The maximum atomic E-state index is 15.4. The molecule has 1 aliphatic carbocycles. The molecule has 0 aliphatic heterocycles. The fourth-order valence-electron chi connectivity index (χ4n) is 8.31. The highest BCUT2D eigenvalue weighted by Crippen LogP contribution is 2.55. The topological polar surface area (TPSA) is 17.1 Å². The molecule has 0 N–H and O–H groups in total. The van der Waals surface area contributed by atoms with Crippen LogP contribution >= 0.6 is 0 Å². The van der Waals surface area contributed by atoms with Gasteiger partial charge in [-0.25, -0.2) is 0 Å². The second-order valence-electron chi connectivity index (χ2n) is 18.2. The lowest BCUT2D eigenvalue weighted by atomic mass is 9.67. The highest BCUT2D eigenvalue weighted by atomic mass is 28.3. The van der Waals surface area contributed by atoms with Crippen molar-refractivity contribution in [1.82, 2.24) is 0 Å². The van der Waals surface area contributed by atoms with Gasteiger partial charge in [-0.2, -0.15) is 0 Å². The Balaban J connectivity index is 3.96. The van der Waals surface area contributed by atoms with E-state index >= 15 is 4.79 Å². The van der Waals surface area contributed by atoms with Gasteiger partial charge < -0.3 is 0 Å². The van der Waals surface area contributed by atoms with Gasteiger partial charge in [0, 0.05) is 0 Å². The van der Waals surface area contributed by atoms with E-state index in [1.165, 1.54) is 113 Å². The maximum Gasteiger partial charge on any atom is 0.168 e. The molecule has 0 aromatic heterocycles. The Bertz CT molecular complexity index is 882. The normalized spacial score (nSPS) is 20.7. The number of hydrogen-bond acceptors (Lipinski definition) is 1. The van der Waals surface area contributed by atoms with Gasteiger partial charge >= 0.3 is 0 Å². The van der Waals surface area contributed by atoms with E-state index in [-0.39, 0.29) is 10.8 Å². The van der Waals surface area contributed by atoms with Gasteiger partial charge in [-0.3, -0.25) is 4.79 Å². The van der Waals surface area contributed by atoms with Gasteiger partial charge in [0.1, 0.15) is 16.1 Å². The second kappa shape index (κ2) is 20.0. The Morgan fingerprint density at radius 1 is 0.500 bits per heavy atom. The van der Waals surface area contributed by atoms with Crippen LogP contribution in [0.5, 0.6) is 0 Å². The Kier molecular flexibility index (Phi) is 18.8. The molecule has 46 heavy (non-hydrogen) atoms. The third-order valence-electron chi connectivity index (χ3n) is 10.7. The number of hydrogen-bond donors (Lipinski definition) is 0. The molecule has 0 heterocycles. The molecule has 1 nitrogen and oxygen atoms in total. The Labute approximate surface area is 292 Å². The molecule has 0 radical (unpaired) electrons. The van der Waals surface area contributed by atoms with E-state index in [0.29, 0.717) is 5.78 Å². The molecule has 2 atom stereocenters. The van der Waals surface area contributed by atoms with E-state index in [2.05, 4.69) is 106 Å². The lowest BCUT2D eigenvalue weighted by molar-refractivity contribution is -0.131. The van der Waals surface area contributed by atoms with Gasteiger partial charge in [0.2, 0.25) is 0 Å². The number of carbonyl (C=O) groups excluding carboxylic acids is 1. The first-order valence-corrected chi connectivity index (χ1v) is 25.4. The fourth-order valence-corrected chi connectivity index (χ4v) is 17.7. The third kappa shape index (κ3) is 14.0. The largest absolute Gasteiger partial charge is 0.296 e. The van der Waals surface area contributed by atoms with E-state index in [4.69, 9.17) is 0 Å². The molecule has 0 aromatic rings. The van der Waals surface area contributed by atoms with Gasteiger partial charge in [-0.15, -0.1) is 11.1 Å². The summed E-state index contributed by atoms with van der Waals surface area (Å²) in [4.78, 5) is 15.4. The first-order valence-electron chi connectivity index (χ1n) is 20.2. The minimum absolute atomic E-state index is 0.0396. The Hall–Kier alpha value is -0.776. The second-order valence-corrected chi connectivity index (χ2v) is 26.8. The molecule has 0 saturated heterocycles. The van der Waals surface area contributed by atoms with E-state index in [0.717, 1.165) is 25.7 Å². The van der Waals surface area contributed by atoms with E-state index in [9.17, 15) is 0 Å². The summed E-state index contributed by atoms with van der Waals surface area (Å²) >= 11 is 0. The monoisotopic (exact) mass is 669 g/mol. The van der Waals surface area contributed by atoms with Gasteiger partial charge in [-0.05, 0) is 72.8 Å². The minimum atomic E-state index is -1.81. The maximum absolute atomic E-state index is 15.4. The Morgan fingerprint density at radius 3 is 0.935 bits per heavy atom. The summed E-state index contributed by atoms with van der Waals surface area (Å²) in [6, 6.07) is 7.85. The average molecular weight is 669 g/mol. The zero-order valence-corrected chi connectivity index (χ0v) is 35.5. The lowest BCUT2D eigenvalue weighted by Gasteiger charge is -2.35. The molecule has 0 spiro atoms. The predicted molar refractivity (Wildman–Crippen MR) is 213 cm³/mol. The van der Waals surface area contributed by atoms with Crippen molar-refractivity contribution in [3.05, 3.63) is 0 Å². The SMILES string of the molecule is CCCC[Si](C#C[C@@]1(CC(C)(C)C)CC[C@@](C#C[Si](CCCC)(CCCC)CCCC)(CC(C)(C)C)C1=O)(CCCC)CCCC. The molecule has 0 aromatic carbocycles. The van der Waals surface area contributed by atoms with Gasteiger partial charge in [0.15, 0.2) is 5.78 Å². The molecular formula is C43H80OSi2. The predicted octanol–water partition coefficient (Wildman–Crippen LogP) is 14.0. The van der Waals surface area contributed by atoms with E-state index in [1.807, 2.05) is 0 Å². The smallest absolute Gasteiger partial charge is 0.168 e. The van der Waals surface area contributed by atoms with Crippen molar-refractivity contribution in [1.29, 1.82) is 0 Å². The highest BCUT2D eigenvalue weighted by molar-refractivity contribution is 6.87. The lowest BCUT2D eigenvalue weighted by Crippen LogP contribution is -2.41. The molecule has 1 aliphatic rings. The highest BCUT2D eigenvalue weighted by Gasteiger charge is 2.57. The van der Waals surface area contributed by atoms with Crippen molar-refractivity contribution in [2.75, 3.05) is 0 Å².